The van der Waals surface area contributed by atoms with Crippen molar-refractivity contribution in [2.45, 2.75) is 47.5 Å². The van der Waals surface area contributed by atoms with E-state index in [0.29, 0.717) is 12.8 Å². The Morgan fingerprint density at radius 2 is 1.61 bits per heavy atom. The lowest BCUT2D eigenvalue weighted by atomic mass is 9.99. The first kappa shape index (κ1) is 24.0. The maximum absolute atomic E-state index is 13.1. The predicted octanol–water partition coefficient (Wildman–Crippen LogP) is 5.24. The predicted molar refractivity (Wildman–Crippen MR) is 146 cm³/mol. The summed E-state index contributed by atoms with van der Waals surface area (Å²) in [6.45, 7) is 13.8. The van der Waals surface area contributed by atoms with Crippen molar-refractivity contribution in [3.05, 3.63) is 82.2 Å². The highest BCUT2D eigenvalue weighted by Gasteiger charge is 2.23. The summed E-state index contributed by atoms with van der Waals surface area (Å²) in [5.41, 5.74) is 10.0. The van der Waals surface area contributed by atoms with E-state index in [1.807, 2.05) is 53.8 Å². The summed E-state index contributed by atoms with van der Waals surface area (Å²) >= 11 is 0. The Kier molecular flexibility index (Phi) is 6.52. The van der Waals surface area contributed by atoms with Crippen molar-refractivity contribution in [1.29, 1.82) is 0 Å². The van der Waals surface area contributed by atoms with Crippen molar-refractivity contribution in [1.82, 2.24) is 19.7 Å². The van der Waals surface area contributed by atoms with Gasteiger partial charge in [-0.05, 0) is 81.5 Å². The molecular formula is C30H35N5O. The van der Waals surface area contributed by atoms with E-state index in [4.69, 9.17) is 10.1 Å². The molecule has 0 unspecified atom stereocenters. The van der Waals surface area contributed by atoms with Crippen LogP contribution < -0.4 is 4.90 Å². The molecule has 0 aliphatic carbocycles. The van der Waals surface area contributed by atoms with Gasteiger partial charge < -0.3 is 9.80 Å². The molecule has 1 saturated heterocycles. The number of aromatic nitrogens is 3. The molecule has 2 aromatic heterocycles. The molecule has 6 nitrogen and oxygen atoms in total. The standard InChI is InChI=1S/C30H35N5O/c1-20-11-12-21(2)27(19-20)33-15-17-34(18-16-33)28(36)14-13-26-22(3)29-24(5)32-35(30(29)31-23(26)4)25-9-7-6-8-10-25/h6-12,19H,13-18H2,1-5H3. The van der Waals surface area contributed by atoms with E-state index in [0.717, 1.165) is 54.3 Å². The lowest BCUT2D eigenvalue weighted by Crippen LogP contribution is -2.49. The van der Waals surface area contributed by atoms with Crippen LogP contribution in [0.2, 0.25) is 0 Å². The fourth-order valence-corrected chi connectivity index (χ4v) is 5.47. The SMILES string of the molecule is Cc1ccc(C)c(N2CCN(C(=O)CCc3c(C)nc4c(c(C)nn4-c4ccccc4)c3C)CC2)c1. The Morgan fingerprint density at radius 1 is 0.889 bits per heavy atom. The summed E-state index contributed by atoms with van der Waals surface area (Å²) in [7, 11) is 0. The minimum absolute atomic E-state index is 0.228. The van der Waals surface area contributed by atoms with Crippen molar-refractivity contribution >= 4 is 22.6 Å². The van der Waals surface area contributed by atoms with Gasteiger partial charge in [-0.25, -0.2) is 9.67 Å². The second-order valence-electron chi connectivity index (χ2n) is 9.99. The van der Waals surface area contributed by atoms with Gasteiger partial charge in [0.15, 0.2) is 5.65 Å². The van der Waals surface area contributed by atoms with Crippen molar-refractivity contribution in [2.75, 3.05) is 31.1 Å². The molecule has 1 aliphatic rings. The highest BCUT2D eigenvalue weighted by Crippen LogP contribution is 2.29. The van der Waals surface area contributed by atoms with Crippen molar-refractivity contribution in [3.8, 4) is 5.69 Å². The third kappa shape index (κ3) is 4.48. The zero-order chi connectivity index (χ0) is 25.4. The largest absolute Gasteiger partial charge is 0.368 e. The number of benzene rings is 2. The van der Waals surface area contributed by atoms with Crippen LogP contribution in [0.25, 0.3) is 16.7 Å². The minimum atomic E-state index is 0.228. The van der Waals surface area contributed by atoms with Gasteiger partial charge in [-0.15, -0.1) is 0 Å². The average molecular weight is 482 g/mol. The first-order valence-corrected chi connectivity index (χ1v) is 12.8. The van der Waals surface area contributed by atoms with Crippen molar-refractivity contribution < 1.29 is 4.79 Å². The van der Waals surface area contributed by atoms with Gasteiger partial charge >= 0.3 is 0 Å². The molecule has 1 amide bonds. The van der Waals surface area contributed by atoms with Crippen LogP contribution in [0.1, 0.15) is 40.1 Å². The van der Waals surface area contributed by atoms with Crippen LogP contribution >= 0.6 is 0 Å². The number of hydrogen-bond acceptors (Lipinski definition) is 4. The number of amides is 1. The second-order valence-corrected chi connectivity index (χ2v) is 9.99. The Hall–Kier alpha value is -3.67. The molecule has 0 bridgehead atoms. The van der Waals surface area contributed by atoms with E-state index in [2.05, 4.69) is 43.9 Å². The molecule has 3 heterocycles. The van der Waals surface area contributed by atoms with Crippen LogP contribution in [0.4, 0.5) is 5.69 Å². The van der Waals surface area contributed by atoms with Crippen LogP contribution in [0.3, 0.4) is 0 Å². The average Bonchev–Trinajstić information content (AvgIpc) is 3.21. The number of carbonyl (C=O) groups excluding carboxylic acids is 1. The van der Waals surface area contributed by atoms with Gasteiger partial charge in [0.1, 0.15) is 0 Å². The molecule has 1 aliphatic heterocycles. The number of aryl methyl sites for hydroxylation is 5. The van der Waals surface area contributed by atoms with Crippen LogP contribution in [0.15, 0.2) is 48.5 Å². The van der Waals surface area contributed by atoms with Crippen molar-refractivity contribution in [3.63, 3.8) is 0 Å². The van der Waals surface area contributed by atoms with Gasteiger partial charge in [0, 0.05) is 49.4 Å². The van der Waals surface area contributed by atoms with E-state index in [1.54, 1.807) is 0 Å². The number of pyridine rings is 1. The molecule has 0 N–H and O–H groups in total. The Bertz CT molecular complexity index is 1410. The highest BCUT2D eigenvalue weighted by atomic mass is 16.2. The van der Waals surface area contributed by atoms with E-state index < -0.39 is 0 Å². The van der Waals surface area contributed by atoms with Crippen LogP contribution in [-0.4, -0.2) is 51.8 Å². The maximum atomic E-state index is 13.1. The summed E-state index contributed by atoms with van der Waals surface area (Å²) in [5.74, 6) is 0.228. The topological polar surface area (TPSA) is 54.3 Å². The number of hydrogen-bond donors (Lipinski definition) is 0. The molecule has 36 heavy (non-hydrogen) atoms. The highest BCUT2D eigenvalue weighted by molar-refractivity contribution is 5.85. The van der Waals surface area contributed by atoms with Gasteiger partial charge in [-0.1, -0.05) is 30.3 Å². The molecule has 0 atom stereocenters. The zero-order valence-electron chi connectivity index (χ0n) is 22.0. The van der Waals surface area contributed by atoms with Gasteiger partial charge in [0.2, 0.25) is 5.91 Å². The van der Waals surface area contributed by atoms with E-state index >= 15 is 0 Å². The first-order chi connectivity index (χ1) is 17.3. The Morgan fingerprint density at radius 3 is 2.33 bits per heavy atom. The van der Waals surface area contributed by atoms with Gasteiger partial charge in [-0.2, -0.15) is 5.10 Å². The maximum Gasteiger partial charge on any atom is 0.223 e. The number of fused-ring (bicyclic) bond motifs is 1. The summed E-state index contributed by atoms with van der Waals surface area (Å²) in [6, 6.07) is 16.7. The van der Waals surface area contributed by atoms with Gasteiger partial charge in [0.25, 0.3) is 0 Å². The normalized spacial score (nSPS) is 14.0. The molecule has 0 radical (unpaired) electrons. The Balaban J connectivity index is 1.29. The molecule has 1 fully saturated rings. The summed E-state index contributed by atoms with van der Waals surface area (Å²) in [5, 5.41) is 5.88. The molecule has 6 heteroatoms. The van der Waals surface area contributed by atoms with Crippen LogP contribution in [0.5, 0.6) is 0 Å². The fraction of sp³-hybridized carbons (Fsp3) is 0.367. The van der Waals surface area contributed by atoms with Crippen LogP contribution in [0, 0.1) is 34.6 Å². The molecule has 4 aromatic rings. The smallest absolute Gasteiger partial charge is 0.223 e. The van der Waals surface area contributed by atoms with E-state index in [-0.39, 0.29) is 5.91 Å². The summed E-state index contributed by atoms with van der Waals surface area (Å²) < 4.78 is 1.93. The molecule has 0 saturated carbocycles. The minimum Gasteiger partial charge on any atom is -0.368 e. The lowest BCUT2D eigenvalue weighted by molar-refractivity contribution is -0.131. The molecule has 0 spiro atoms. The number of para-hydroxylation sites is 1. The van der Waals surface area contributed by atoms with E-state index in [9.17, 15) is 4.79 Å². The zero-order valence-corrected chi connectivity index (χ0v) is 22.0. The number of carbonyl (C=O) groups is 1. The first-order valence-electron chi connectivity index (χ1n) is 12.8. The number of piperazine rings is 1. The molecule has 2 aromatic carbocycles. The molecular weight excluding hydrogens is 446 g/mol. The summed E-state index contributed by atoms with van der Waals surface area (Å²) in [4.78, 5) is 22.5. The molecule has 5 rings (SSSR count). The monoisotopic (exact) mass is 481 g/mol. The fourth-order valence-electron chi connectivity index (χ4n) is 5.47. The number of anilines is 1. The lowest BCUT2D eigenvalue weighted by Gasteiger charge is -2.37. The summed E-state index contributed by atoms with van der Waals surface area (Å²) in [6.07, 6.45) is 1.21. The molecule has 186 valence electrons. The third-order valence-electron chi connectivity index (χ3n) is 7.50. The van der Waals surface area contributed by atoms with Gasteiger partial charge in [-0.3, -0.25) is 4.79 Å². The third-order valence-corrected chi connectivity index (χ3v) is 7.50. The Labute approximate surface area is 213 Å². The van der Waals surface area contributed by atoms with Crippen LogP contribution in [-0.2, 0) is 11.2 Å². The van der Waals surface area contributed by atoms with E-state index in [1.165, 1.54) is 27.9 Å². The van der Waals surface area contributed by atoms with Gasteiger partial charge in [0.05, 0.1) is 11.4 Å². The quantitative estimate of drug-likeness (QED) is 0.391. The second kappa shape index (κ2) is 9.76. The van der Waals surface area contributed by atoms with Crippen molar-refractivity contribution in [2.24, 2.45) is 0 Å². The number of nitrogens with zero attached hydrogens (tertiary/aromatic N) is 5. The number of rotatable bonds is 5.